The van der Waals surface area contributed by atoms with Crippen molar-refractivity contribution in [1.29, 1.82) is 0 Å². The molecule has 2 heterocycles. The number of carbonyl (C=O) groups excluding carboxylic acids is 2. The molecule has 0 bridgehead atoms. The van der Waals surface area contributed by atoms with E-state index in [4.69, 9.17) is 0 Å². The van der Waals surface area contributed by atoms with Crippen LogP contribution < -0.4 is 5.32 Å². The van der Waals surface area contributed by atoms with Gasteiger partial charge in [0.05, 0.1) is 11.5 Å². The van der Waals surface area contributed by atoms with Gasteiger partial charge in [-0.1, -0.05) is 0 Å². The van der Waals surface area contributed by atoms with Gasteiger partial charge in [0.25, 0.3) is 5.91 Å². The molecule has 1 unspecified atom stereocenters. The van der Waals surface area contributed by atoms with Crippen molar-refractivity contribution >= 4 is 21.8 Å². The van der Waals surface area contributed by atoms with Crippen LogP contribution in [0.15, 0.2) is 0 Å². The molecular formula is C12H21N3O4S. The molecule has 2 saturated heterocycles. The van der Waals surface area contributed by atoms with E-state index in [1.165, 1.54) is 4.90 Å². The Kier molecular flexibility index (Phi) is 3.81. The molecule has 114 valence electrons. The van der Waals surface area contributed by atoms with Crippen molar-refractivity contribution in [3.63, 3.8) is 0 Å². The molecule has 0 aromatic carbocycles. The summed E-state index contributed by atoms with van der Waals surface area (Å²) in [7, 11) is -1.09. The number of urea groups is 1. The molecule has 2 fully saturated rings. The minimum absolute atomic E-state index is 0.0197. The summed E-state index contributed by atoms with van der Waals surface area (Å²) in [5.41, 5.74) is -0.855. The van der Waals surface area contributed by atoms with Crippen LogP contribution in [0.2, 0.25) is 0 Å². The van der Waals surface area contributed by atoms with Crippen LogP contribution in [0.1, 0.15) is 20.3 Å². The monoisotopic (exact) mass is 303 g/mol. The topological polar surface area (TPSA) is 86.8 Å². The second kappa shape index (κ2) is 5.00. The Morgan fingerprint density at radius 2 is 2.05 bits per heavy atom. The first-order valence-corrected chi connectivity index (χ1v) is 8.49. The van der Waals surface area contributed by atoms with Gasteiger partial charge in [0.2, 0.25) is 0 Å². The van der Waals surface area contributed by atoms with Crippen molar-refractivity contribution in [2.75, 3.05) is 31.6 Å². The van der Waals surface area contributed by atoms with E-state index in [0.29, 0.717) is 13.0 Å². The normalized spacial score (nSPS) is 28.2. The molecule has 8 heteroatoms. The Hall–Kier alpha value is -1.15. The van der Waals surface area contributed by atoms with Crippen molar-refractivity contribution in [1.82, 2.24) is 15.1 Å². The summed E-state index contributed by atoms with van der Waals surface area (Å²) in [5, 5.41) is 2.62. The van der Waals surface area contributed by atoms with Crippen LogP contribution in [-0.4, -0.2) is 73.4 Å². The summed E-state index contributed by atoms with van der Waals surface area (Å²) >= 11 is 0. The first kappa shape index (κ1) is 15.2. The molecule has 0 aromatic heterocycles. The molecule has 0 radical (unpaired) electrons. The molecule has 0 aliphatic carbocycles. The smallest absolute Gasteiger partial charge is 0.324 e. The number of hydrogen-bond acceptors (Lipinski definition) is 5. The number of carbonyl (C=O) groups is 2. The summed E-state index contributed by atoms with van der Waals surface area (Å²) in [6.07, 6.45) is 0.616. The van der Waals surface area contributed by atoms with Crippen LogP contribution in [0.3, 0.4) is 0 Å². The third-order valence-corrected chi connectivity index (χ3v) is 5.70. The molecule has 0 aromatic rings. The highest BCUT2D eigenvalue weighted by Gasteiger charge is 2.44. The number of amides is 3. The van der Waals surface area contributed by atoms with Crippen molar-refractivity contribution in [2.24, 2.45) is 0 Å². The Balaban J connectivity index is 1.90. The summed E-state index contributed by atoms with van der Waals surface area (Å²) in [6, 6.07) is -0.402. The van der Waals surface area contributed by atoms with Gasteiger partial charge in [0, 0.05) is 19.1 Å². The molecule has 1 atom stereocenters. The number of sulfone groups is 1. The summed E-state index contributed by atoms with van der Waals surface area (Å²) in [6.45, 7) is 4.09. The highest BCUT2D eigenvalue weighted by molar-refractivity contribution is 7.91. The summed E-state index contributed by atoms with van der Waals surface area (Å²) in [4.78, 5) is 26.8. The van der Waals surface area contributed by atoms with Crippen LogP contribution in [0.4, 0.5) is 4.79 Å². The van der Waals surface area contributed by atoms with Crippen molar-refractivity contribution < 1.29 is 18.0 Å². The maximum atomic E-state index is 12.0. The molecule has 20 heavy (non-hydrogen) atoms. The molecular weight excluding hydrogens is 282 g/mol. The minimum atomic E-state index is -2.92. The fourth-order valence-electron chi connectivity index (χ4n) is 2.58. The van der Waals surface area contributed by atoms with Gasteiger partial charge >= 0.3 is 6.03 Å². The van der Waals surface area contributed by atoms with Crippen LogP contribution in [0.5, 0.6) is 0 Å². The zero-order chi connectivity index (χ0) is 15.1. The third-order valence-electron chi connectivity index (χ3n) is 3.95. The van der Waals surface area contributed by atoms with E-state index >= 15 is 0 Å². The van der Waals surface area contributed by atoms with E-state index in [9.17, 15) is 18.0 Å². The third kappa shape index (κ3) is 2.95. The fourth-order valence-corrected chi connectivity index (χ4v) is 4.39. The number of rotatable bonds is 4. The van der Waals surface area contributed by atoms with E-state index in [1.807, 2.05) is 11.9 Å². The SMILES string of the molecule is CN(CCN1C(=O)NC(C)(C)C1=O)C1CCS(=O)(=O)C1. The maximum Gasteiger partial charge on any atom is 0.325 e. The molecule has 0 spiro atoms. The number of nitrogens with zero attached hydrogens (tertiary/aromatic N) is 2. The second-order valence-electron chi connectivity index (χ2n) is 6.05. The average molecular weight is 303 g/mol. The van der Waals surface area contributed by atoms with Gasteiger partial charge in [-0.2, -0.15) is 0 Å². The van der Waals surface area contributed by atoms with E-state index in [0.717, 1.165) is 0 Å². The lowest BCUT2D eigenvalue weighted by Gasteiger charge is -2.25. The Morgan fingerprint density at radius 1 is 1.40 bits per heavy atom. The molecule has 7 nitrogen and oxygen atoms in total. The first-order valence-electron chi connectivity index (χ1n) is 6.67. The zero-order valence-electron chi connectivity index (χ0n) is 12.0. The molecule has 2 rings (SSSR count). The Bertz CT molecular complexity index is 529. The van der Waals surface area contributed by atoms with Gasteiger partial charge in [-0.25, -0.2) is 13.2 Å². The quantitative estimate of drug-likeness (QED) is 0.703. The summed E-state index contributed by atoms with van der Waals surface area (Å²) < 4.78 is 22.9. The lowest BCUT2D eigenvalue weighted by molar-refractivity contribution is -0.130. The van der Waals surface area contributed by atoms with Gasteiger partial charge < -0.3 is 10.2 Å². The van der Waals surface area contributed by atoms with Crippen molar-refractivity contribution in [3.05, 3.63) is 0 Å². The number of nitrogens with one attached hydrogen (secondary N) is 1. The number of imide groups is 1. The van der Waals surface area contributed by atoms with Gasteiger partial charge in [0.1, 0.15) is 5.54 Å². The Labute approximate surface area is 119 Å². The Morgan fingerprint density at radius 3 is 2.50 bits per heavy atom. The maximum absolute atomic E-state index is 12.0. The summed E-state index contributed by atoms with van der Waals surface area (Å²) in [5.74, 6) is 0.141. The van der Waals surface area contributed by atoms with Crippen LogP contribution >= 0.6 is 0 Å². The zero-order valence-corrected chi connectivity index (χ0v) is 12.9. The van der Waals surface area contributed by atoms with Gasteiger partial charge in [-0.3, -0.25) is 9.69 Å². The highest BCUT2D eigenvalue weighted by Crippen LogP contribution is 2.18. The predicted octanol–water partition coefficient (Wildman–Crippen LogP) is -0.564. The molecule has 2 aliphatic heterocycles. The van der Waals surface area contributed by atoms with Crippen LogP contribution in [-0.2, 0) is 14.6 Å². The van der Waals surface area contributed by atoms with Gasteiger partial charge in [-0.05, 0) is 27.3 Å². The fraction of sp³-hybridized carbons (Fsp3) is 0.833. The minimum Gasteiger partial charge on any atom is -0.324 e. The molecule has 1 N–H and O–H groups in total. The lowest BCUT2D eigenvalue weighted by Crippen LogP contribution is -2.43. The van der Waals surface area contributed by atoms with Crippen LogP contribution in [0, 0.1) is 0 Å². The molecule has 2 aliphatic rings. The highest BCUT2D eigenvalue weighted by atomic mass is 32.2. The van der Waals surface area contributed by atoms with Crippen LogP contribution in [0.25, 0.3) is 0 Å². The van der Waals surface area contributed by atoms with E-state index in [-0.39, 0.29) is 36.0 Å². The molecule has 3 amide bonds. The molecule has 0 saturated carbocycles. The van der Waals surface area contributed by atoms with Crippen molar-refractivity contribution in [3.8, 4) is 0 Å². The van der Waals surface area contributed by atoms with E-state index in [1.54, 1.807) is 13.8 Å². The largest absolute Gasteiger partial charge is 0.325 e. The standard InChI is InChI=1S/C12H21N3O4S/c1-12(2)10(16)15(11(17)13-12)6-5-14(3)9-4-7-20(18,19)8-9/h9H,4-8H2,1-3H3,(H,13,17). The second-order valence-corrected chi connectivity index (χ2v) is 8.28. The first-order chi connectivity index (χ1) is 9.12. The number of hydrogen-bond donors (Lipinski definition) is 1. The predicted molar refractivity (Wildman–Crippen MR) is 74.0 cm³/mol. The average Bonchev–Trinajstić information content (AvgIpc) is 2.76. The van der Waals surface area contributed by atoms with E-state index in [2.05, 4.69) is 5.32 Å². The van der Waals surface area contributed by atoms with Gasteiger partial charge in [-0.15, -0.1) is 0 Å². The van der Waals surface area contributed by atoms with E-state index < -0.39 is 15.4 Å². The lowest BCUT2D eigenvalue weighted by atomic mass is 10.1. The van der Waals surface area contributed by atoms with Gasteiger partial charge in [0.15, 0.2) is 9.84 Å². The van der Waals surface area contributed by atoms with Crippen molar-refractivity contribution in [2.45, 2.75) is 31.8 Å². The number of likely N-dealkylation sites (N-methyl/N-ethyl adjacent to an activating group) is 1.